The molecule has 0 radical (unpaired) electrons. The van der Waals surface area contributed by atoms with Gasteiger partial charge in [0.05, 0.1) is 36.3 Å². The van der Waals surface area contributed by atoms with Gasteiger partial charge in [0.2, 0.25) is 0 Å². The molecule has 0 unspecified atom stereocenters. The first-order chi connectivity index (χ1) is 14.1. The van der Waals surface area contributed by atoms with Crippen LogP contribution in [-0.2, 0) is 11.8 Å². The summed E-state index contributed by atoms with van der Waals surface area (Å²) in [6.07, 6.45) is 4.31. The average molecular weight is 388 g/mol. The van der Waals surface area contributed by atoms with Crippen LogP contribution < -0.4 is 4.74 Å². The minimum absolute atomic E-state index is 0.247. The minimum Gasteiger partial charge on any atom is -0.490 e. The normalized spacial score (nSPS) is 13.6. The second-order valence-electron chi connectivity index (χ2n) is 7.14. The maximum Gasteiger partial charge on any atom is 0.358 e. The summed E-state index contributed by atoms with van der Waals surface area (Å²) in [5.74, 6) is 0.339. The minimum atomic E-state index is -0.478. The lowest BCUT2D eigenvalue weighted by atomic mass is 10.1. The Morgan fingerprint density at radius 3 is 2.76 bits per heavy atom. The zero-order valence-corrected chi connectivity index (χ0v) is 16.2. The van der Waals surface area contributed by atoms with E-state index >= 15 is 0 Å². The average Bonchev–Trinajstić information content (AvgIpc) is 3.31. The Bertz CT molecular complexity index is 1220. The summed E-state index contributed by atoms with van der Waals surface area (Å²) in [5, 5.41) is 9.86. The highest BCUT2D eigenvalue weighted by Crippen LogP contribution is 2.32. The van der Waals surface area contributed by atoms with Gasteiger partial charge in [0.1, 0.15) is 5.75 Å². The predicted octanol–water partition coefficient (Wildman–Crippen LogP) is 3.75. The number of carbonyl (C=O) groups excluding carboxylic acids is 1. The van der Waals surface area contributed by atoms with E-state index in [1.54, 1.807) is 16.9 Å². The van der Waals surface area contributed by atoms with Gasteiger partial charge in [-0.2, -0.15) is 10.2 Å². The number of carbonyl (C=O) groups is 1. The van der Waals surface area contributed by atoms with Crippen LogP contribution in [0.15, 0.2) is 54.7 Å². The highest BCUT2D eigenvalue weighted by Gasteiger charge is 2.24. The molecular formula is C22H20N4O3. The van der Waals surface area contributed by atoms with Crippen molar-refractivity contribution < 1.29 is 14.3 Å². The highest BCUT2D eigenvalue weighted by molar-refractivity contribution is 5.91. The number of rotatable bonds is 5. The van der Waals surface area contributed by atoms with E-state index in [1.165, 1.54) is 7.11 Å². The number of esters is 1. The Kier molecular flexibility index (Phi) is 4.08. The molecule has 146 valence electrons. The molecule has 1 aliphatic carbocycles. The first-order valence-electron chi connectivity index (χ1n) is 9.50. The number of benzene rings is 2. The summed E-state index contributed by atoms with van der Waals surface area (Å²) < 4.78 is 14.4. The number of nitrogens with zero attached hydrogens (tertiary/aromatic N) is 4. The molecule has 0 aliphatic heterocycles. The third kappa shape index (κ3) is 3.14. The molecule has 0 N–H and O–H groups in total. The third-order valence-corrected chi connectivity index (χ3v) is 5.06. The number of hydrogen-bond acceptors (Lipinski definition) is 5. The van der Waals surface area contributed by atoms with Crippen molar-refractivity contribution in [2.45, 2.75) is 18.9 Å². The van der Waals surface area contributed by atoms with Crippen LogP contribution in [0.5, 0.6) is 5.75 Å². The van der Waals surface area contributed by atoms with Gasteiger partial charge in [0.25, 0.3) is 0 Å². The second-order valence-corrected chi connectivity index (χ2v) is 7.14. The van der Waals surface area contributed by atoms with Crippen LogP contribution in [0.4, 0.5) is 0 Å². The van der Waals surface area contributed by atoms with Gasteiger partial charge < -0.3 is 9.47 Å². The van der Waals surface area contributed by atoms with Crippen LogP contribution in [0.25, 0.3) is 27.8 Å². The third-order valence-electron chi connectivity index (χ3n) is 5.06. The maximum absolute atomic E-state index is 12.2. The molecule has 0 saturated heterocycles. The molecule has 1 saturated carbocycles. The van der Waals surface area contributed by atoms with E-state index in [9.17, 15) is 4.79 Å². The zero-order chi connectivity index (χ0) is 20.0. The molecule has 5 rings (SSSR count). The van der Waals surface area contributed by atoms with E-state index < -0.39 is 5.97 Å². The SMILES string of the molecule is COC(=O)c1cc(-c2cccc(OC3CC3)c2)n(-c2cccc3c2cnn3C)n1. The summed E-state index contributed by atoms with van der Waals surface area (Å²) in [6, 6.07) is 15.5. The Morgan fingerprint density at radius 1 is 1.14 bits per heavy atom. The fourth-order valence-corrected chi connectivity index (χ4v) is 3.43. The molecule has 4 aromatic rings. The maximum atomic E-state index is 12.2. The van der Waals surface area contributed by atoms with Gasteiger partial charge in [-0.25, -0.2) is 9.48 Å². The summed E-state index contributed by atoms with van der Waals surface area (Å²) in [6.45, 7) is 0. The summed E-state index contributed by atoms with van der Waals surface area (Å²) >= 11 is 0. The van der Waals surface area contributed by atoms with E-state index in [1.807, 2.05) is 54.2 Å². The van der Waals surface area contributed by atoms with Crippen molar-refractivity contribution in [3.63, 3.8) is 0 Å². The van der Waals surface area contributed by atoms with Crippen LogP contribution in [-0.4, -0.2) is 38.7 Å². The number of fused-ring (bicyclic) bond motifs is 1. The van der Waals surface area contributed by atoms with Crippen molar-refractivity contribution in [2.75, 3.05) is 7.11 Å². The molecule has 0 atom stereocenters. The van der Waals surface area contributed by atoms with Crippen LogP contribution in [0, 0.1) is 0 Å². The molecule has 2 aromatic heterocycles. The second kappa shape index (κ2) is 6.77. The smallest absolute Gasteiger partial charge is 0.358 e. The molecule has 7 nitrogen and oxygen atoms in total. The van der Waals surface area contributed by atoms with Gasteiger partial charge in [-0.3, -0.25) is 4.68 Å². The van der Waals surface area contributed by atoms with Crippen LogP contribution in [0.2, 0.25) is 0 Å². The van der Waals surface area contributed by atoms with E-state index in [-0.39, 0.29) is 5.69 Å². The zero-order valence-electron chi connectivity index (χ0n) is 16.2. The largest absolute Gasteiger partial charge is 0.490 e. The van der Waals surface area contributed by atoms with Gasteiger partial charge >= 0.3 is 5.97 Å². The van der Waals surface area contributed by atoms with Gasteiger partial charge in [0, 0.05) is 18.0 Å². The van der Waals surface area contributed by atoms with Crippen molar-refractivity contribution in [1.29, 1.82) is 0 Å². The molecule has 2 heterocycles. The lowest BCUT2D eigenvalue weighted by molar-refractivity contribution is 0.0593. The van der Waals surface area contributed by atoms with Crippen molar-refractivity contribution in [1.82, 2.24) is 19.6 Å². The van der Waals surface area contributed by atoms with E-state index in [0.29, 0.717) is 6.10 Å². The predicted molar refractivity (Wildman–Crippen MR) is 108 cm³/mol. The van der Waals surface area contributed by atoms with Crippen LogP contribution >= 0.6 is 0 Å². The van der Waals surface area contributed by atoms with E-state index in [2.05, 4.69) is 10.2 Å². The molecule has 1 fully saturated rings. The van der Waals surface area contributed by atoms with Crippen molar-refractivity contribution >= 4 is 16.9 Å². The van der Waals surface area contributed by atoms with Gasteiger partial charge in [0.15, 0.2) is 5.69 Å². The standard InChI is InChI=1S/C22H20N4O3/c1-25-19-7-4-8-20(17(19)13-23-25)26-21(12-18(24-26)22(27)28-2)14-5-3-6-16(11-14)29-15-9-10-15/h3-8,11-13,15H,9-10H2,1-2H3. The molecular weight excluding hydrogens is 368 g/mol. The monoisotopic (exact) mass is 388 g/mol. The van der Waals surface area contributed by atoms with E-state index in [4.69, 9.17) is 9.47 Å². The fraction of sp³-hybridized carbons (Fsp3) is 0.227. The van der Waals surface area contributed by atoms with Gasteiger partial charge in [-0.1, -0.05) is 18.2 Å². The summed E-state index contributed by atoms with van der Waals surface area (Å²) in [5.41, 5.74) is 3.76. The number of ether oxygens (including phenoxy) is 2. The molecule has 7 heteroatoms. The Balaban J connectivity index is 1.68. The number of hydrogen-bond donors (Lipinski definition) is 0. The quantitative estimate of drug-likeness (QED) is 0.487. The van der Waals surface area contributed by atoms with Crippen molar-refractivity contribution in [3.05, 3.63) is 60.4 Å². The van der Waals surface area contributed by atoms with Gasteiger partial charge in [-0.15, -0.1) is 0 Å². The van der Waals surface area contributed by atoms with Crippen LogP contribution in [0.1, 0.15) is 23.3 Å². The molecule has 29 heavy (non-hydrogen) atoms. The summed E-state index contributed by atoms with van der Waals surface area (Å²) in [4.78, 5) is 12.2. The van der Waals surface area contributed by atoms with Crippen molar-refractivity contribution in [3.8, 4) is 22.7 Å². The molecule has 1 aliphatic rings. The van der Waals surface area contributed by atoms with Gasteiger partial charge in [-0.05, 0) is 43.2 Å². The number of aryl methyl sites for hydroxylation is 1. The fourth-order valence-electron chi connectivity index (χ4n) is 3.43. The lowest BCUT2D eigenvalue weighted by Gasteiger charge is -2.11. The van der Waals surface area contributed by atoms with Crippen molar-refractivity contribution in [2.24, 2.45) is 7.05 Å². The Morgan fingerprint density at radius 2 is 1.97 bits per heavy atom. The summed E-state index contributed by atoms with van der Waals surface area (Å²) in [7, 11) is 3.25. The number of methoxy groups -OCH3 is 1. The first kappa shape index (κ1) is 17.5. The van der Waals surface area contributed by atoms with E-state index in [0.717, 1.165) is 46.4 Å². The lowest BCUT2D eigenvalue weighted by Crippen LogP contribution is -2.05. The molecule has 2 aromatic carbocycles. The first-order valence-corrected chi connectivity index (χ1v) is 9.50. The highest BCUT2D eigenvalue weighted by atomic mass is 16.5. The number of aromatic nitrogens is 4. The Hall–Kier alpha value is -3.61. The molecule has 0 spiro atoms. The molecule has 0 amide bonds. The molecule has 0 bridgehead atoms. The van der Waals surface area contributed by atoms with Crippen LogP contribution in [0.3, 0.4) is 0 Å². The Labute approximate surface area is 167 Å². The topological polar surface area (TPSA) is 71.2 Å².